The third kappa shape index (κ3) is 7.35. The fraction of sp³-hybridized carbons (Fsp3) is 0.0444. The maximum Gasteiger partial charge on any atom is 0.160 e. The van der Waals surface area contributed by atoms with Crippen LogP contribution in [0.1, 0.15) is 89.7 Å². The van der Waals surface area contributed by atoms with Gasteiger partial charge in [-0.25, -0.2) is 19.9 Å². The number of benzene rings is 13. The van der Waals surface area contributed by atoms with Crippen LogP contribution in [0.4, 0.5) is 0 Å². The van der Waals surface area contributed by atoms with Crippen molar-refractivity contribution in [3.05, 3.63) is 393 Å². The Morgan fingerprint density at radius 2 is 0.510 bits per heavy atom. The van der Waals surface area contributed by atoms with Gasteiger partial charge in [-0.3, -0.25) is 0 Å². The van der Waals surface area contributed by atoms with Crippen LogP contribution in [-0.4, -0.2) is 19.9 Å². The first kappa shape index (κ1) is 53.2. The molecule has 6 nitrogen and oxygen atoms in total. The number of para-hydroxylation sites is 2. The first-order valence-electron chi connectivity index (χ1n) is 33.1. The highest BCUT2D eigenvalue weighted by Gasteiger charge is 2.53. The van der Waals surface area contributed by atoms with E-state index in [4.69, 9.17) is 29.4 Å². The molecule has 0 saturated carbocycles. The van der Waals surface area contributed by atoms with Crippen molar-refractivity contribution < 1.29 is 9.47 Å². The maximum atomic E-state index is 6.88. The molecule has 2 atom stereocenters. The Morgan fingerprint density at radius 3 is 0.906 bits per heavy atom. The highest BCUT2D eigenvalue weighted by molar-refractivity contribution is 5.92. The zero-order valence-electron chi connectivity index (χ0n) is 51.8. The molecule has 4 heterocycles. The second-order valence-electron chi connectivity index (χ2n) is 26.1. The van der Waals surface area contributed by atoms with Gasteiger partial charge in [0.2, 0.25) is 0 Å². The van der Waals surface area contributed by atoms with Gasteiger partial charge in [0.05, 0.1) is 33.6 Å². The smallest absolute Gasteiger partial charge is 0.160 e. The molecule has 6 heteroatoms. The number of hydrogen-bond acceptors (Lipinski definition) is 6. The van der Waals surface area contributed by atoms with Gasteiger partial charge in [-0.15, -0.1) is 0 Å². The molecule has 2 spiro atoms. The molecule has 446 valence electrons. The van der Waals surface area contributed by atoms with Crippen LogP contribution in [0, 0.1) is 0 Å². The molecule has 2 bridgehead atoms. The van der Waals surface area contributed by atoms with E-state index in [-0.39, 0.29) is 11.8 Å². The second-order valence-corrected chi connectivity index (χ2v) is 26.1. The molecule has 0 amide bonds. The van der Waals surface area contributed by atoms with Gasteiger partial charge in [0, 0.05) is 67.5 Å². The average Bonchev–Trinajstić information content (AvgIpc) is 1.26. The predicted octanol–water partition coefficient (Wildman–Crippen LogP) is 21.2. The Kier molecular flexibility index (Phi) is 11.1. The summed E-state index contributed by atoms with van der Waals surface area (Å²) in [6.45, 7) is 0. The van der Waals surface area contributed by atoms with Gasteiger partial charge in [0.15, 0.2) is 11.6 Å². The molecule has 0 N–H and O–H groups in total. The Bertz CT molecular complexity index is 5390. The van der Waals surface area contributed by atoms with Crippen LogP contribution in [0.2, 0.25) is 0 Å². The zero-order chi connectivity index (χ0) is 62.8. The van der Waals surface area contributed by atoms with Crippen molar-refractivity contribution in [2.45, 2.75) is 22.7 Å². The molecule has 0 fully saturated rings. The van der Waals surface area contributed by atoms with Crippen LogP contribution in [-0.2, 0) is 10.8 Å². The average molecular weight is 1220 g/mol. The van der Waals surface area contributed by atoms with E-state index in [9.17, 15) is 0 Å². The lowest BCUT2D eigenvalue weighted by Crippen LogP contribution is -2.32. The monoisotopic (exact) mass is 1220 g/mol. The van der Waals surface area contributed by atoms with Crippen LogP contribution in [0.5, 0.6) is 23.0 Å². The van der Waals surface area contributed by atoms with Crippen LogP contribution in [0.25, 0.3) is 90.1 Å². The largest absolute Gasteiger partial charge is 0.457 e. The summed E-state index contributed by atoms with van der Waals surface area (Å²) < 4.78 is 13.8. The molecule has 5 aliphatic carbocycles. The molecule has 96 heavy (non-hydrogen) atoms. The van der Waals surface area contributed by atoms with E-state index < -0.39 is 10.8 Å². The van der Waals surface area contributed by atoms with E-state index in [0.29, 0.717) is 11.6 Å². The summed E-state index contributed by atoms with van der Waals surface area (Å²) >= 11 is 0. The molecule has 1 unspecified atom stereocenters. The summed E-state index contributed by atoms with van der Waals surface area (Å²) in [5.41, 5.74) is 30.2. The standard InChI is InChI=1S/C90H54N4O2/c1-3-21-53(22-4-1)77-51-79(55-41-45-83-75(49-55)89(73-35-17-19-37-81(73)95-83)69-31-13-9-25-59(69)60-26-10-14-32-70(60)89)93-87(91-77)57-39-43-65-67(47-57)85-63-29-7-8-30-64(63)86(65)68-48-58(40-44-66(68)85)88-92-78(54-23-5-2-6-24-54)52-80(94-88)56-42-46-84-76(50-56)90(74-36-18-20-38-82(74)96-84)71-33-15-11-27-61(71)62-28-12-16-34-72(62)90/h1-52,85-86H/t85-,86?/m1/s1. The Labute approximate surface area is 555 Å². The van der Waals surface area contributed by atoms with Crippen molar-refractivity contribution in [3.63, 3.8) is 0 Å². The van der Waals surface area contributed by atoms with Crippen LogP contribution >= 0.6 is 0 Å². The summed E-state index contributed by atoms with van der Waals surface area (Å²) in [4.78, 5) is 22.1. The van der Waals surface area contributed by atoms with Crippen molar-refractivity contribution >= 4 is 0 Å². The van der Waals surface area contributed by atoms with E-state index in [2.05, 4.69) is 315 Å². The molecule has 7 aliphatic rings. The van der Waals surface area contributed by atoms with E-state index in [1.54, 1.807) is 0 Å². The molecular weight excluding hydrogens is 1170 g/mol. The lowest BCUT2D eigenvalue weighted by atomic mass is 9.61. The SMILES string of the molecule is c1ccc(-c2cc(-c3ccc4c(c3)C3(c5ccccc5O4)c4ccccc4-c4ccccc43)nc(-c3ccc4c(c3)C3c5ccccc5[C@H]4c4cc(-c5nc(-c6ccccc6)cc(-c6ccc7c(c6)C6(c8ccccc8O7)c7ccccc7-c7ccccc76)n5)ccc43)n2)cc1. The molecule has 13 aromatic carbocycles. The van der Waals surface area contributed by atoms with Gasteiger partial charge in [-0.2, -0.15) is 0 Å². The summed E-state index contributed by atoms with van der Waals surface area (Å²) in [6, 6.07) is 114. The quantitative estimate of drug-likeness (QED) is 0.165. The van der Waals surface area contributed by atoms with Crippen molar-refractivity contribution in [2.75, 3.05) is 0 Å². The van der Waals surface area contributed by atoms with Gasteiger partial charge in [0.25, 0.3) is 0 Å². The third-order valence-corrected chi connectivity index (χ3v) is 21.4. The number of hydrogen-bond donors (Lipinski definition) is 0. The summed E-state index contributed by atoms with van der Waals surface area (Å²) in [5.74, 6) is 4.66. The molecule has 0 radical (unpaired) electrons. The van der Waals surface area contributed by atoms with Gasteiger partial charge in [-0.1, -0.05) is 243 Å². The second kappa shape index (κ2) is 20.1. The maximum absolute atomic E-state index is 6.88. The van der Waals surface area contributed by atoms with Crippen molar-refractivity contribution in [2.24, 2.45) is 0 Å². The van der Waals surface area contributed by atoms with E-state index >= 15 is 0 Å². The number of aromatic nitrogens is 4. The van der Waals surface area contributed by atoms with Crippen molar-refractivity contribution in [1.29, 1.82) is 0 Å². The Hall–Kier alpha value is -12.4. The predicted molar refractivity (Wildman–Crippen MR) is 380 cm³/mol. The minimum atomic E-state index is -0.618. The third-order valence-electron chi connectivity index (χ3n) is 21.4. The molecular formula is C90H54N4O2. The molecule has 0 saturated heterocycles. The number of ether oxygens (including phenoxy) is 2. The van der Waals surface area contributed by atoms with E-state index in [0.717, 1.165) is 101 Å². The topological polar surface area (TPSA) is 70.0 Å². The highest BCUT2D eigenvalue weighted by Crippen LogP contribution is 2.65. The van der Waals surface area contributed by atoms with E-state index in [1.807, 2.05) is 0 Å². The lowest BCUT2D eigenvalue weighted by molar-refractivity contribution is 0.436. The summed E-state index contributed by atoms with van der Waals surface area (Å²) in [7, 11) is 0. The van der Waals surface area contributed by atoms with Crippen molar-refractivity contribution in [3.8, 4) is 113 Å². The van der Waals surface area contributed by atoms with Gasteiger partial charge in [-0.05, 0) is 151 Å². The number of rotatable bonds is 6. The number of fused-ring (bicyclic) bond motifs is 18. The molecule has 22 rings (SSSR count). The normalized spacial score (nSPS) is 15.6. The number of nitrogens with zero attached hydrogens (tertiary/aromatic N) is 4. The Balaban J connectivity index is 0.692. The van der Waals surface area contributed by atoms with Gasteiger partial charge in [0.1, 0.15) is 23.0 Å². The first-order chi connectivity index (χ1) is 47.6. The van der Waals surface area contributed by atoms with Crippen LogP contribution in [0.15, 0.2) is 315 Å². The van der Waals surface area contributed by atoms with Gasteiger partial charge >= 0.3 is 0 Å². The Morgan fingerprint density at radius 1 is 0.208 bits per heavy atom. The highest BCUT2D eigenvalue weighted by atomic mass is 16.5. The summed E-state index contributed by atoms with van der Waals surface area (Å²) in [6.07, 6.45) is 0. The summed E-state index contributed by atoms with van der Waals surface area (Å²) in [5, 5.41) is 0. The zero-order valence-corrected chi connectivity index (χ0v) is 51.8. The van der Waals surface area contributed by atoms with Crippen molar-refractivity contribution in [1.82, 2.24) is 19.9 Å². The fourth-order valence-electron chi connectivity index (χ4n) is 17.5. The van der Waals surface area contributed by atoms with Crippen LogP contribution < -0.4 is 9.47 Å². The minimum Gasteiger partial charge on any atom is -0.457 e. The molecule has 15 aromatic rings. The first-order valence-corrected chi connectivity index (χ1v) is 33.1. The molecule has 2 aliphatic heterocycles. The van der Waals surface area contributed by atoms with Gasteiger partial charge < -0.3 is 9.47 Å². The molecule has 2 aromatic heterocycles. The van der Waals surface area contributed by atoms with E-state index in [1.165, 1.54) is 77.9 Å². The minimum absolute atomic E-state index is 0.0352. The fourth-order valence-corrected chi connectivity index (χ4v) is 17.5. The van der Waals surface area contributed by atoms with Crippen LogP contribution in [0.3, 0.4) is 0 Å². The lowest BCUT2D eigenvalue weighted by Gasteiger charge is -2.42.